The number of nitrogens with zero attached hydrogens (tertiary/aromatic N) is 3. The molecule has 2 N–H and O–H groups in total. The summed E-state index contributed by atoms with van der Waals surface area (Å²) in [5, 5.41) is 14.1. The number of aliphatic carboxylic acids is 1. The molecule has 7 rings (SSSR count). The Bertz CT molecular complexity index is 2210. The van der Waals surface area contributed by atoms with Crippen molar-refractivity contribution in [1.82, 2.24) is 9.80 Å². The van der Waals surface area contributed by atoms with E-state index in [0.29, 0.717) is 46.8 Å². The minimum absolute atomic E-state index is 0.0200. The zero-order chi connectivity index (χ0) is 39.7. The van der Waals surface area contributed by atoms with E-state index >= 15 is 0 Å². The number of carbonyl (C=O) groups is 4. The third-order valence-electron chi connectivity index (χ3n) is 10.5. The number of cyclic esters (lactones) is 1. The van der Waals surface area contributed by atoms with Crippen molar-refractivity contribution in [3.63, 3.8) is 0 Å². The summed E-state index contributed by atoms with van der Waals surface area (Å²) in [5.74, 6) is -2.52. The van der Waals surface area contributed by atoms with Crippen LogP contribution in [0.1, 0.15) is 59.0 Å². The predicted molar refractivity (Wildman–Crippen MR) is 216 cm³/mol. The molecule has 0 aromatic heterocycles. The Labute approximate surface area is 331 Å². The molecular weight excluding hydrogens is 721 g/mol. The van der Waals surface area contributed by atoms with Crippen LogP contribution in [0.2, 0.25) is 0 Å². The third kappa shape index (κ3) is 8.95. The van der Waals surface area contributed by atoms with Gasteiger partial charge in [0.05, 0.1) is 24.6 Å². The van der Waals surface area contributed by atoms with Gasteiger partial charge in [0.1, 0.15) is 18.4 Å². The summed E-state index contributed by atoms with van der Waals surface area (Å²) in [7, 11) is 1.53. The summed E-state index contributed by atoms with van der Waals surface area (Å²) in [6.07, 6.45) is 0.423. The molecule has 0 aliphatic carbocycles. The van der Waals surface area contributed by atoms with Gasteiger partial charge in [-0.2, -0.15) is 0 Å². The van der Waals surface area contributed by atoms with Gasteiger partial charge in [-0.05, 0) is 54.3 Å². The number of imide groups is 1. The summed E-state index contributed by atoms with van der Waals surface area (Å²) in [6.45, 7) is 1.41. The molecule has 4 atom stereocenters. The van der Waals surface area contributed by atoms with Crippen molar-refractivity contribution in [1.29, 1.82) is 0 Å². The number of hydrogen-bond donors (Lipinski definition) is 2. The normalized spacial score (nSPS) is 18.1. The molecule has 0 spiro atoms. The number of methoxy groups -OCH3 is 1. The first-order chi connectivity index (χ1) is 27.8. The van der Waals surface area contributed by atoms with E-state index in [0.717, 1.165) is 29.0 Å². The van der Waals surface area contributed by atoms with Crippen molar-refractivity contribution >= 4 is 35.3 Å². The zero-order valence-corrected chi connectivity index (χ0v) is 31.6. The average molecular weight is 765 g/mol. The van der Waals surface area contributed by atoms with Gasteiger partial charge in [-0.25, -0.2) is 14.5 Å². The average Bonchev–Trinajstić information content (AvgIpc) is 3.88. The number of rotatable bonds is 14. The van der Waals surface area contributed by atoms with Crippen LogP contribution in [-0.4, -0.2) is 76.8 Å². The van der Waals surface area contributed by atoms with E-state index in [-0.39, 0.29) is 25.0 Å². The Morgan fingerprint density at radius 1 is 0.860 bits per heavy atom. The number of likely N-dealkylation sites (tertiary alicyclic amines) is 1. The van der Waals surface area contributed by atoms with Crippen LogP contribution in [0, 0.1) is 0 Å². The number of nitrogens with one attached hydrogen (secondary N) is 1. The summed E-state index contributed by atoms with van der Waals surface area (Å²) in [4.78, 5) is 63.1. The molecule has 2 saturated heterocycles. The number of carbonyl (C=O) groups excluding carboxylic acids is 3. The minimum Gasteiger partial charge on any atom is -0.497 e. The van der Waals surface area contributed by atoms with E-state index in [2.05, 4.69) is 22.3 Å². The van der Waals surface area contributed by atoms with Gasteiger partial charge in [-0.15, -0.1) is 0 Å². The largest absolute Gasteiger partial charge is 0.497 e. The van der Waals surface area contributed by atoms with Gasteiger partial charge >= 0.3 is 12.1 Å². The second-order valence-corrected chi connectivity index (χ2v) is 14.1. The molecule has 57 heavy (non-hydrogen) atoms. The Hall–Kier alpha value is -6.59. The Kier molecular flexibility index (Phi) is 12.2. The lowest BCUT2D eigenvalue weighted by Crippen LogP contribution is -2.39. The molecule has 2 aliphatic rings. The van der Waals surface area contributed by atoms with E-state index < -0.39 is 36.0 Å². The third-order valence-corrected chi connectivity index (χ3v) is 10.5. The lowest BCUT2D eigenvalue weighted by molar-refractivity contribution is -0.139. The first-order valence-corrected chi connectivity index (χ1v) is 19.0. The van der Waals surface area contributed by atoms with Crippen LogP contribution in [0.3, 0.4) is 0 Å². The molecule has 5 aromatic carbocycles. The van der Waals surface area contributed by atoms with Gasteiger partial charge in [0.15, 0.2) is 6.04 Å². The molecule has 0 radical (unpaired) electrons. The first kappa shape index (κ1) is 38.7. The molecule has 0 saturated carbocycles. The van der Waals surface area contributed by atoms with Gasteiger partial charge in [0.25, 0.3) is 0 Å². The van der Waals surface area contributed by atoms with Gasteiger partial charge in [-0.1, -0.05) is 121 Å². The lowest BCUT2D eigenvalue weighted by atomic mass is 9.87. The highest BCUT2D eigenvalue weighted by molar-refractivity contribution is 6.18. The van der Waals surface area contributed by atoms with E-state index in [1.807, 2.05) is 91.0 Å². The predicted octanol–water partition coefficient (Wildman–Crippen LogP) is 7.48. The molecule has 11 nitrogen and oxygen atoms in total. The maximum Gasteiger partial charge on any atom is 0.417 e. The topological polar surface area (TPSA) is 138 Å². The number of aliphatic imine (C=N–C) groups is 1. The number of carboxylic acid groups (broad SMARTS) is 1. The van der Waals surface area contributed by atoms with Crippen molar-refractivity contribution in [2.24, 2.45) is 4.99 Å². The van der Waals surface area contributed by atoms with Gasteiger partial charge in [0, 0.05) is 30.0 Å². The van der Waals surface area contributed by atoms with Crippen LogP contribution in [0.4, 0.5) is 10.5 Å². The molecule has 5 aromatic rings. The molecule has 0 unspecified atom stereocenters. The van der Waals surface area contributed by atoms with E-state index in [1.54, 1.807) is 36.4 Å². The molecule has 11 heteroatoms. The highest BCUT2D eigenvalue weighted by Crippen LogP contribution is 2.35. The fourth-order valence-electron chi connectivity index (χ4n) is 7.66. The molecule has 2 heterocycles. The summed E-state index contributed by atoms with van der Waals surface area (Å²) >= 11 is 0. The highest BCUT2D eigenvalue weighted by atomic mass is 16.6. The van der Waals surface area contributed by atoms with E-state index in [4.69, 9.17) is 14.5 Å². The van der Waals surface area contributed by atoms with Crippen molar-refractivity contribution < 1.29 is 33.8 Å². The van der Waals surface area contributed by atoms with Crippen LogP contribution in [0.15, 0.2) is 145 Å². The number of hydrogen-bond acceptors (Lipinski definition) is 8. The lowest BCUT2D eigenvalue weighted by Gasteiger charge is -2.27. The Morgan fingerprint density at radius 3 is 2.19 bits per heavy atom. The standard InChI is InChI=1S/C46H44N4O7/c1-56-35-25-23-32(24-26-35)37(28-41(51)50-40(30-57-46(50)55)33-16-7-3-8-17-33)43(45(53)54)48-42(34-18-9-4-10-19-34)36-20-11-12-21-38(36)47-44(52)39-22-13-27-49(39)29-31-14-5-2-6-15-31/h2-12,14-21,23-26,37,39-40,43H,13,22,27-30H2,1H3,(H,47,52)(H,53,54)/t37-,39+,40-,43+/m1/s1. The van der Waals surface area contributed by atoms with Crippen molar-refractivity contribution in [3.05, 3.63) is 167 Å². The Morgan fingerprint density at radius 2 is 1.51 bits per heavy atom. The number of carboxylic acids is 1. The van der Waals surface area contributed by atoms with Crippen LogP contribution in [0.5, 0.6) is 5.75 Å². The maximum absolute atomic E-state index is 14.2. The number of benzene rings is 5. The molecule has 2 fully saturated rings. The maximum atomic E-state index is 14.2. The van der Waals surface area contributed by atoms with Crippen LogP contribution in [-0.2, 0) is 25.7 Å². The second-order valence-electron chi connectivity index (χ2n) is 14.1. The molecular formula is C46H44N4O7. The minimum atomic E-state index is -1.51. The summed E-state index contributed by atoms with van der Waals surface area (Å²) in [6, 6.07) is 39.8. The van der Waals surface area contributed by atoms with Crippen LogP contribution < -0.4 is 10.1 Å². The fourth-order valence-corrected chi connectivity index (χ4v) is 7.66. The van der Waals surface area contributed by atoms with Gasteiger partial charge in [0.2, 0.25) is 11.8 Å². The Balaban J connectivity index is 1.26. The summed E-state index contributed by atoms with van der Waals surface area (Å²) < 4.78 is 10.7. The van der Waals surface area contributed by atoms with Crippen molar-refractivity contribution in [2.75, 3.05) is 25.6 Å². The molecule has 2 aliphatic heterocycles. The molecule has 3 amide bonds. The van der Waals surface area contributed by atoms with Crippen molar-refractivity contribution in [3.8, 4) is 5.75 Å². The van der Waals surface area contributed by atoms with Crippen molar-refractivity contribution in [2.45, 2.75) is 49.9 Å². The summed E-state index contributed by atoms with van der Waals surface area (Å²) in [5.41, 5.74) is 4.28. The molecule has 290 valence electrons. The molecule has 0 bridgehead atoms. The number of para-hydroxylation sites is 1. The monoisotopic (exact) mass is 764 g/mol. The second kappa shape index (κ2) is 17.9. The number of amides is 3. The van der Waals surface area contributed by atoms with Crippen LogP contribution in [0.25, 0.3) is 0 Å². The zero-order valence-electron chi connectivity index (χ0n) is 31.6. The fraction of sp³-hybridized carbons (Fsp3) is 0.239. The van der Waals surface area contributed by atoms with E-state index in [1.165, 1.54) is 7.11 Å². The first-order valence-electron chi connectivity index (χ1n) is 19.0. The smallest absolute Gasteiger partial charge is 0.417 e. The van der Waals surface area contributed by atoms with Gasteiger partial charge < -0.3 is 19.9 Å². The van der Waals surface area contributed by atoms with Crippen LogP contribution >= 0.6 is 0 Å². The highest BCUT2D eigenvalue weighted by Gasteiger charge is 2.42. The SMILES string of the molecule is COc1ccc([C@@H](CC(=O)N2C(=O)OC[C@@H]2c2ccccc2)[C@H](N=C(c2ccccc2)c2ccccc2NC(=O)[C@@H]2CCCN2Cc2ccccc2)C(=O)O)cc1. The van der Waals surface area contributed by atoms with E-state index in [9.17, 15) is 24.3 Å². The van der Waals surface area contributed by atoms with Gasteiger partial charge in [-0.3, -0.25) is 19.5 Å². The number of ether oxygens (including phenoxy) is 2. The number of anilines is 1. The quantitative estimate of drug-likeness (QED) is 0.111.